The zero-order chi connectivity index (χ0) is 10.8. The van der Waals surface area contributed by atoms with E-state index in [0.29, 0.717) is 18.2 Å². The highest BCUT2D eigenvalue weighted by Gasteiger charge is 2.30. The van der Waals surface area contributed by atoms with Crippen LogP contribution in [0.5, 0.6) is 0 Å². The molecule has 0 amide bonds. The van der Waals surface area contributed by atoms with Gasteiger partial charge >= 0.3 is 5.97 Å². The van der Waals surface area contributed by atoms with Crippen LogP contribution in [-0.2, 0) is 22.6 Å². The van der Waals surface area contributed by atoms with Crippen molar-refractivity contribution in [3.63, 3.8) is 0 Å². The lowest BCUT2D eigenvalue weighted by Gasteiger charge is -2.19. The third-order valence-electron chi connectivity index (χ3n) is 2.59. The van der Waals surface area contributed by atoms with Crippen LogP contribution in [0.3, 0.4) is 0 Å². The number of aromatic nitrogens is 3. The van der Waals surface area contributed by atoms with E-state index in [9.17, 15) is 4.79 Å². The number of rotatable bonds is 2. The van der Waals surface area contributed by atoms with E-state index in [0.717, 1.165) is 19.4 Å². The number of hydrogen-bond acceptors (Lipinski definition) is 5. The summed E-state index contributed by atoms with van der Waals surface area (Å²) < 4.78 is 6.50. The maximum atomic E-state index is 11.5. The number of esters is 1. The van der Waals surface area contributed by atoms with Gasteiger partial charge in [0.25, 0.3) is 0 Å². The Morgan fingerprint density at radius 1 is 1.73 bits per heavy atom. The molecule has 0 spiro atoms. The van der Waals surface area contributed by atoms with Gasteiger partial charge in [0.1, 0.15) is 11.7 Å². The molecule has 2 heterocycles. The molecule has 15 heavy (non-hydrogen) atoms. The predicted molar refractivity (Wildman–Crippen MR) is 51.9 cm³/mol. The van der Waals surface area contributed by atoms with Gasteiger partial charge in [-0.2, -0.15) is 5.10 Å². The van der Waals surface area contributed by atoms with Gasteiger partial charge in [-0.15, -0.1) is 0 Å². The lowest BCUT2D eigenvalue weighted by atomic mass is 9.99. The predicted octanol–water partition coefficient (Wildman–Crippen LogP) is -0.213. The van der Waals surface area contributed by atoms with Crippen LogP contribution in [0, 0.1) is 0 Å². The van der Waals surface area contributed by atoms with Crippen molar-refractivity contribution in [2.45, 2.75) is 31.8 Å². The maximum absolute atomic E-state index is 11.5. The van der Waals surface area contributed by atoms with E-state index in [1.807, 2.05) is 0 Å². The molecule has 0 saturated carbocycles. The molecule has 0 fully saturated rings. The number of fused-ring (bicyclic) bond motifs is 1. The van der Waals surface area contributed by atoms with E-state index in [1.165, 1.54) is 7.11 Å². The largest absolute Gasteiger partial charge is 0.468 e. The second-order valence-corrected chi connectivity index (χ2v) is 3.53. The summed E-state index contributed by atoms with van der Waals surface area (Å²) in [7, 11) is 1.39. The van der Waals surface area contributed by atoms with Crippen LogP contribution in [0.15, 0.2) is 0 Å². The first kappa shape index (κ1) is 10.1. The van der Waals surface area contributed by atoms with Crippen LogP contribution < -0.4 is 5.73 Å². The molecule has 1 atom stereocenters. The number of methoxy groups -OCH3 is 1. The SMILES string of the molecule is COC(=O)C1CCCn2nc(CN)nc21. The Balaban J connectivity index is 2.33. The molecule has 1 aromatic rings. The van der Waals surface area contributed by atoms with E-state index < -0.39 is 0 Å². The van der Waals surface area contributed by atoms with Crippen LogP contribution in [0.1, 0.15) is 30.4 Å². The van der Waals surface area contributed by atoms with Crippen molar-refractivity contribution >= 4 is 5.97 Å². The summed E-state index contributed by atoms with van der Waals surface area (Å²) in [5.41, 5.74) is 5.46. The molecular formula is C9H14N4O2. The van der Waals surface area contributed by atoms with Gasteiger partial charge in [0, 0.05) is 6.54 Å². The van der Waals surface area contributed by atoms with Gasteiger partial charge in [0.15, 0.2) is 5.82 Å². The second kappa shape index (κ2) is 3.98. The number of nitrogens with two attached hydrogens (primary N) is 1. The Kier molecular flexibility index (Phi) is 2.68. The molecular weight excluding hydrogens is 196 g/mol. The highest BCUT2D eigenvalue weighted by molar-refractivity contribution is 5.77. The van der Waals surface area contributed by atoms with Gasteiger partial charge in [-0.1, -0.05) is 0 Å². The van der Waals surface area contributed by atoms with Crippen molar-refractivity contribution in [2.24, 2.45) is 5.73 Å². The van der Waals surface area contributed by atoms with Crippen LogP contribution in [0.2, 0.25) is 0 Å². The first-order valence-corrected chi connectivity index (χ1v) is 4.97. The minimum absolute atomic E-state index is 0.244. The fourth-order valence-electron chi connectivity index (χ4n) is 1.85. The Bertz CT molecular complexity index is 374. The normalized spacial score (nSPS) is 19.7. The van der Waals surface area contributed by atoms with Gasteiger partial charge in [-0.25, -0.2) is 9.67 Å². The van der Waals surface area contributed by atoms with Gasteiger partial charge in [0.2, 0.25) is 0 Å². The maximum Gasteiger partial charge on any atom is 0.316 e. The van der Waals surface area contributed by atoms with Crippen molar-refractivity contribution in [2.75, 3.05) is 7.11 Å². The van der Waals surface area contributed by atoms with Crippen LogP contribution in [0.4, 0.5) is 0 Å². The van der Waals surface area contributed by atoms with Crippen molar-refractivity contribution < 1.29 is 9.53 Å². The van der Waals surface area contributed by atoms with E-state index in [-0.39, 0.29) is 11.9 Å². The highest BCUT2D eigenvalue weighted by Crippen LogP contribution is 2.26. The van der Waals surface area contributed by atoms with Crippen molar-refractivity contribution in [1.29, 1.82) is 0 Å². The smallest absolute Gasteiger partial charge is 0.316 e. The minimum Gasteiger partial charge on any atom is -0.468 e. The third-order valence-corrected chi connectivity index (χ3v) is 2.59. The minimum atomic E-state index is -0.281. The molecule has 0 aromatic carbocycles. The van der Waals surface area contributed by atoms with Crippen molar-refractivity contribution in [3.8, 4) is 0 Å². The van der Waals surface area contributed by atoms with E-state index in [2.05, 4.69) is 10.1 Å². The Morgan fingerprint density at radius 3 is 3.20 bits per heavy atom. The molecule has 0 bridgehead atoms. The van der Waals surface area contributed by atoms with Gasteiger partial charge in [0.05, 0.1) is 13.7 Å². The summed E-state index contributed by atoms with van der Waals surface area (Å²) >= 11 is 0. The number of carbonyl (C=O) groups is 1. The first-order chi connectivity index (χ1) is 7.26. The fourth-order valence-corrected chi connectivity index (χ4v) is 1.85. The topological polar surface area (TPSA) is 83.0 Å². The Morgan fingerprint density at radius 2 is 2.53 bits per heavy atom. The molecule has 2 rings (SSSR count). The summed E-state index contributed by atoms with van der Waals surface area (Å²) in [6.07, 6.45) is 1.69. The molecule has 2 N–H and O–H groups in total. The monoisotopic (exact) mass is 210 g/mol. The quantitative estimate of drug-likeness (QED) is 0.683. The number of aryl methyl sites for hydroxylation is 1. The van der Waals surface area contributed by atoms with Crippen LogP contribution in [0.25, 0.3) is 0 Å². The zero-order valence-electron chi connectivity index (χ0n) is 8.64. The fraction of sp³-hybridized carbons (Fsp3) is 0.667. The molecule has 82 valence electrons. The van der Waals surface area contributed by atoms with Crippen LogP contribution >= 0.6 is 0 Å². The number of carbonyl (C=O) groups excluding carboxylic acids is 1. The molecule has 6 heteroatoms. The van der Waals surface area contributed by atoms with Crippen LogP contribution in [-0.4, -0.2) is 27.8 Å². The number of ether oxygens (including phenoxy) is 1. The molecule has 0 saturated heterocycles. The van der Waals surface area contributed by atoms with Crippen molar-refractivity contribution in [1.82, 2.24) is 14.8 Å². The molecule has 1 aliphatic rings. The standard InChI is InChI=1S/C9H14N4O2/c1-15-9(14)6-3-2-4-13-8(6)11-7(5-10)12-13/h6H,2-5,10H2,1H3. The average molecular weight is 210 g/mol. The zero-order valence-corrected chi connectivity index (χ0v) is 8.64. The van der Waals surface area contributed by atoms with Gasteiger partial charge in [-0.3, -0.25) is 4.79 Å². The summed E-state index contributed by atoms with van der Waals surface area (Å²) in [5, 5.41) is 4.21. The summed E-state index contributed by atoms with van der Waals surface area (Å²) in [6.45, 7) is 1.10. The molecule has 6 nitrogen and oxygen atoms in total. The van der Waals surface area contributed by atoms with E-state index in [4.69, 9.17) is 10.5 Å². The number of hydrogen-bond donors (Lipinski definition) is 1. The van der Waals surface area contributed by atoms with E-state index >= 15 is 0 Å². The molecule has 1 unspecified atom stereocenters. The summed E-state index contributed by atoms with van der Waals surface area (Å²) in [5.74, 6) is 0.748. The highest BCUT2D eigenvalue weighted by atomic mass is 16.5. The molecule has 1 aromatic heterocycles. The Labute approximate surface area is 87.4 Å². The second-order valence-electron chi connectivity index (χ2n) is 3.53. The molecule has 1 aliphatic heterocycles. The van der Waals surface area contributed by atoms with Crippen molar-refractivity contribution in [3.05, 3.63) is 11.6 Å². The van der Waals surface area contributed by atoms with Gasteiger partial charge in [-0.05, 0) is 12.8 Å². The first-order valence-electron chi connectivity index (χ1n) is 4.97. The third kappa shape index (κ3) is 1.72. The average Bonchev–Trinajstić information content (AvgIpc) is 2.70. The lowest BCUT2D eigenvalue weighted by Crippen LogP contribution is -2.24. The summed E-state index contributed by atoms with van der Waals surface area (Å²) in [6, 6.07) is 0. The van der Waals surface area contributed by atoms with E-state index in [1.54, 1.807) is 4.68 Å². The number of nitrogens with zero attached hydrogens (tertiary/aromatic N) is 3. The lowest BCUT2D eigenvalue weighted by molar-refractivity contribution is -0.143. The summed E-state index contributed by atoms with van der Waals surface area (Å²) in [4.78, 5) is 15.7. The molecule has 0 aliphatic carbocycles. The molecule has 0 radical (unpaired) electrons. The van der Waals surface area contributed by atoms with Gasteiger partial charge < -0.3 is 10.5 Å². The Hall–Kier alpha value is -1.43.